The molecule has 0 saturated heterocycles. The van der Waals surface area contributed by atoms with Gasteiger partial charge in [-0.1, -0.05) is 44.2 Å². The predicted octanol–water partition coefficient (Wildman–Crippen LogP) is 2.97. The predicted molar refractivity (Wildman–Crippen MR) is 105 cm³/mol. The molecule has 0 atom stereocenters. The number of rotatable bonds is 6. The van der Waals surface area contributed by atoms with Crippen LogP contribution in [0.1, 0.15) is 36.4 Å². The number of nitrogens with one attached hydrogen (secondary N) is 2. The van der Waals surface area contributed by atoms with E-state index < -0.39 is 0 Å². The first kappa shape index (κ1) is 19.0. The van der Waals surface area contributed by atoms with Gasteiger partial charge in [-0.2, -0.15) is 5.10 Å². The summed E-state index contributed by atoms with van der Waals surface area (Å²) in [4.78, 5) is 4.35. The van der Waals surface area contributed by atoms with Crippen LogP contribution in [0.5, 0.6) is 0 Å². The molecule has 2 aromatic rings. The molecule has 1 aromatic carbocycles. The zero-order valence-corrected chi connectivity index (χ0v) is 16.3. The van der Waals surface area contributed by atoms with Gasteiger partial charge in [-0.25, -0.2) is 0 Å². The summed E-state index contributed by atoms with van der Waals surface area (Å²) in [6.45, 7) is 10.3. The third-order valence-electron chi connectivity index (χ3n) is 4.57. The van der Waals surface area contributed by atoms with Gasteiger partial charge in [0.25, 0.3) is 0 Å². The van der Waals surface area contributed by atoms with Crippen molar-refractivity contribution in [2.24, 2.45) is 17.5 Å². The van der Waals surface area contributed by atoms with E-state index in [1.54, 1.807) is 0 Å². The number of hydrogen-bond donors (Lipinski definition) is 2. The van der Waals surface area contributed by atoms with E-state index in [1.807, 2.05) is 25.7 Å². The Morgan fingerprint density at radius 2 is 1.84 bits per heavy atom. The Kier molecular flexibility index (Phi) is 6.23. The zero-order chi connectivity index (χ0) is 18.4. The summed E-state index contributed by atoms with van der Waals surface area (Å²) in [6, 6.07) is 10.6. The number of aromatic nitrogens is 2. The molecule has 0 aliphatic rings. The molecule has 0 saturated carbocycles. The molecular formula is C20H31N5. The van der Waals surface area contributed by atoms with Gasteiger partial charge in [0.1, 0.15) is 0 Å². The lowest BCUT2D eigenvalue weighted by molar-refractivity contribution is 0.359. The fraction of sp³-hybridized carbons (Fsp3) is 0.500. The van der Waals surface area contributed by atoms with Gasteiger partial charge in [0.05, 0.1) is 5.69 Å². The lowest BCUT2D eigenvalue weighted by Crippen LogP contribution is -2.42. The van der Waals surface area contributed by atoms with Gasteiger partial charge in [0, 0.05) is 38.4 Å². The number of hydrogen-bond acceptors (Lipinski definition) is 2. The van der Waals surface area contributed by atoms with Crippen molar-refractivity contribution < 1.29 is 0 Å². The maximum Gasteiger partial charge on any atom is 0.191 e. The number of aryl methyl sites for hydroxylation is 2. The molecule has 0 amide bonds. The van der Waals surface area contributed by atoms with Crippen LogP contribution in [0.2, 0.25) is 0 Å². The van der Waals surface area contributed by atoms with E-state index in [2.05, 4.69) is 71.8 Å². The quantitative estimate of drug-likeness (QED) is 0.627. The number of aliphatic imine (C=N–C) groups is 1. The molecule has 0 unspecified atom stereocenters. The van der Waals surface area contributed by atoms with Gasteiger partial charge in [0.2, 0.25) is 0 Å². The van der Waals surface area contributed by atoms with E-state index in [0.29, 0.717) is 0 Å². The normalized spacial score (nSPS) is 12.3. The van der Waals surface area contributed by atoms with Crippen molar-refractivity contribution in [1.29, 1.82) is 0 Å². The second-order valence-electron chi connectivity index (χ2n) is 7.38. The molecule has 0 aliphatic carbocycles. The third-order valence-corrected chi connectivity index (χ3v) is 4.57. The summed E-state index contributed by atoms with van der Waals surface area (Å²) in [7, 11) is 3.79. The van der Waals surface area contributed by atoms with E-state index in [-0.39, 0.29) is 5.41 Å². The second-order valence-corrected chi connectivity index (χ2v) is 7.38. The largest absolute Gasteiger partial charge is 0.356 e. The fourth-order valence-electron chi connectivity index (χ4n) is 3.00. The van der Waals surface area contributed by atoms with Crippen molar-refractivity contribution in [2.45, 2.75) is 40.7 Å². The SMILES string of the molecule is CN=C(NCc1c(C)nn(C)c1C)NCC(C)(C)Cc1ccccc1. The van der Waals surface area contributed by atoms with Gasteiger partial charge in [-0.3, -0.25) is 9.67 Å². The molecule has 0 aliphatic heterocycles. The van der Waals surface area contributed by atoms with Crippen LogP contribution in [-0.2, 0) is 20.0 Å². The number of nitrogens with zero attached hydrogens (tertiary/aromatic N) is 3. The van der Waals surface area contributed by atoms with E-state index in [1.165, 1.54) is 16.8 Å². The average molecular weight is 342 g/mol. The Morgan fingerprint density at radius 3 is 2.40 bits per heavy atom. The van der Waals surface area contributed by atoms with Crippen LogP contribution >= 0.6 is 0 Å². The number of benzene rings is 1. The Balaban J connectivity index is 1.89. The Morgan fingerprint density at radius 1 is 1.16 bits per heavy atom. The van der Waals surface area contributed by atoms with Crippen LogP contribution in [0.25, 0.3) is 0 Å². The minimum Gasteiger partial charge on any atom is -0.356 e. The van der Waals surface area contributed by atoms with Crippen LogP contribution in [0.15, 0.2) is 35.3 Å². The smallest absolute Gasteiger partial charge is 0.191 e. The van der Waals surface area contributed by atoms with E-state index in [9.17, 15) is 0 Å². The summed E-state index contributed by atoms with van der Waals surface area (Å²) in [5.41, 5.74) is 4.98. The monoisotopic (exact) mass is 341 g/mol. The fourth-order valence-corrected chi connectivity index (χ4v) is 3.00. The van der Waals surface area contributed by atoms with Crippen molar-refractivity contribution >= 4 is 5.96 Å². The Bertz CT molecular complexity index is 713. The minimum absolute atomic E-state index is 0.138. The molecule has 0 radical (unpaired) electrons. The topological polar surface area (TPSA) is 54.2 Å². The lowest BCUT2D eigenvalue weighted by atomic mass is 9.86. The average Bonchev–Trinajstić information content (AvgIpc) is 2.81. The molecule has 25 heavy (non-hydrogen) atoms. The molecule has 0 spiro atoms. The summed E-state index contributed by atoms with van der Waals surface area (Å²) in [5, 5.41) is 11.3. The van der Waals surface area contributed by atoms with Crippen molar-refractivity contribution in [2.75, 3.05) is 13.6 Å². The lowest BCUT2D eigenvalue weighted by Gasteiger charge is -2.26. The van der Waals surface area contributed by atoms with E-state index >= 15 is 0 Å². The molecular weight excluding hydrogens is 310 g/mol. The van der Waals surface area contributed by atoms with Crippen LogP contribution in [-0.4, -0.2) is 29.3 Å². The van der Waals surface area contributed by atoms with Crippen LogP contribution < -0.4 is 10.6 Å². The highest BCUT2D eigenvalue weighted by atomic mass is 15.3. The van der Waals surface area contributed by atoms with Gasteiger partial charge < -0.3 is 10.6 Å². The minimum atomic E-state index is 0.138. The molecule has 136 valence electrons. The first-order valence-electron chi connectivity index (χ1n) is 8.80. The number of guanidine groups is 1. The highest BCUT2D eigenvalue weighted by Crippen LogP contribution is 2.20. The maximum absolute atomic E-state index is 4.46. The molecule has 2 rings (SSSR count). The third kappa shape index (κ3) is 5.34. The molecule has 2 N–H and O–H groups in total. The second kappa shape index (κ2) is 8.19. The molecule has 0 fully saturated rings. The highest BCUT2D eigenvalue weighted by molar-refractivity contribution is 5.79. The van der Waals surface area contributed by atoms with Crippen LogP contribution in [0.4, 0.5) is 0 Å². The molecule has 0 bridgehead atoms. The first-order valence-corrected chi connectivity index (χ1v) is 8.80. The van der Waals surface area contributed by atoms with Gasteiger partial charge in [0.15, 0.2) is 5.96 Å². The molecule has 1 aromatic heterocycles. The molecule has 5 heteroatoms. The van der Waals surface area contributed by atoms with E-state index in [4.69, 9.17) is 0 Å². The van der Waals surface area contributed by atoms with Crippen LogP contribution in [0.3, 0.4) is 0 Å². The van der Waals surface area contributed by atoms with Crippen molar-refractivity contribution in [3.05, 3.63) is 52.8 Å². The molecule has 1 heterocycles. The highest BCUT2D eigenvalue weighted by Gasteiger charge is 2.19. The summed E-state index contributed by atoms with van der Waals surface area (Å²) < 4.78 is 1.92. The summed E-state index contributed by atoms with van der Waals surface area (Å²) >= 11 is 0. The van der Waals surface area contributed by atoms with Crippen molar-refractivity contribution in [3.8, 4) is 0 Å². The van der Waals surface area contributed by atoms with Gasteiger partial charge in [-0.15, -0.1) is 0 Å². The maximum atomic E-state index is 4.46. The Labute approximate surface area is 151 Å². The summed E-state index contributed by atoms with van der Waals surface area (Å²) in [6.07, 6.45) is 1.03. The summed E-state index contributed by atoms with van der Waals surface area (Å²) in [5.74, 6) is 0.823. The van der Waals surface area contributed by atoms with E-state index in [0.717, 1.165) is 31.2 Å². The van der Waals surface area contributed by atoms with Gasteiger partial charge in [-0.05, 0) is 31.2 Å². The Hall–Kier alpha value is -2.30. The molecule has 5 nitrogen and oxygen atoms in total. The van der Waals surface area contributed by atoms with Gasteiger partial charge >= 0.3 is 0 Å². The first-order chi connectivity index (χ1) is 11.8. The van der Waals surface area contributed by atoms with Crippen molar-refractivity contribution in [1.82, 2.24) is 20.4 Å². The zero-order valence-electron chi connectivity index (χ0n) is 16.3. The van der Waals surface area contributed by atoms with Crippen LogP contribution in [0, 0.1) is 19.3 Å². The standard InChI is InChI=1S/C20H31N5/c1-15-18(16(2)25(6)24-15)13-22-19(21-5)23-14-20(3,4)12-17-10-8-7-9-11-17/h7-11H,12-14H2,1-6H3,(H2,21,22,23). The van der Waals surface area contributed by atoms with Crippen molar-refractivity contribution in [3.63, 3.8) is 0 Å².